The summed E-state index contributed by atoms with van der Waals surface area (Å²) in [7, 11) is 0. The number of hydrogen-bond donors (Lipinski definition) is 1. The van der Waals surface area contributed by atoms with Crippen molar-refractivity contribution in [3.05, 3.63) is 34.9 Å². The molecule has 1 saturated heterocycles. The zero-order valence-electron chi connectivity index (χ0n) is 11.0. The molecule has 5 heteroatoms. The van der Waals surface area contributed by atoms with Gasteiger partial charge in [-0.15, -0.1) is 0 Å². The molecule has 0 amide bonds. The summed E-state index contributed by atoms with van der Waals surface area (Å²) in [6, 6.07) is 6.45. The summed E-state index contributed by atoms with van der Waals surface area (Å²) in [5.41, 5.74) is 9.85. The highest BCUT2D eigenvalue weighted by Crippen LogP contribution is 2.21. The lowest BCUT2D eigenvalue weighted by atomic mass is 10.1. The maximum Gasteiger partial charge on any atom is 0.191 e. The number of aliphatic imine (C=N–C) groups is 1. The molecule has 102 valence electrons. The number of nitrogens with two attached hydrogens (primary N) is 1. The Morgan fingerprint density at radius 1 is 1.26 bits per heavy atom. The number of ether oxygens (including phenoxy) is 1. The molecule has 0 aromatic heterocycles. The van der Waals surface area contributed by atoms with Crippen LogP contribution in [0.1, 0.15) is 16.7 Å². The highest BCUT2D eigenvalue weighted by molar-refractivity contribution is 7.99. The van der Waals surface area contributed by atoms with Crippen LogP contribution in [0.25, 0.3) is 0 Å². The predicted molar refractivity (Wildman–Crippen MR) is 79.2 cm³/mol. The lowest BCUT2D eigenvalue weighted by Crippen LogP contribution is -2.42. The molecule has 19 heavy (non-hydrogen) atoms. The van der Waals surface area contributed by atoms with E-state index in [2.05, 4.69) is 28.1 Å². The number of hydrogen-bond acceptors (Lipinski definition) is 3. The van der Waals surface area contributed by atoms with Gasteiger partial charge in [-0.2, -0.15) is 11.8 Å². The molecule has 0 saturated carbocycles. The van der Waals surface area contributed by atoms with Crippen molar-refractivity contribution in [1.82, 2.24) is 4.90 Å². The van der Waals surface area contributed by atoms with Crippen LogP contribution in [0.3, 0.4) is 0 Å². The van der Waals surface area contributed by atoms with E-state index < -0.39 is 0 Å². The van der Waals surface area contributed by atoms with E-state index in [0.29, 0.717) is 12.5 Å². The third-order valence-corrected chi connectivity index (χ3v) is 4.49. The Bertz CT molecular complexity index is 484. The standard InChI is InChI=1S/C14H19N3OS/c15-14(17-3-5-19-6-4-17)16-8-11-1-2-12-9-18-10-13(12)7-11/h1-2,7H,3-6,8-10H2,(H2,15,16). The molecular formula is C14H19N3OS. The lowest BCUT2D eigenvalue weighted by molar-refractivity contribution is 0.134. The topological polar surface area (TPSA) is 50.9 Å². The maximum atomic E-state index is 6.05. The average Bonchev–Trinajstić information content (AvgIpc) is 2.93. The van der Waals surface area contributed by atoms with Crippen molar-refractivity contribution in [2.75, 3.05) is 24.6 Å². The van der Waals surface area contributed by atoms with Gasteiger partial charge in [0.15, 0.2) is 5.96 Å². The third kappa shape index (κ3) is 3.04. The molecule has 2 heterocycles. The fourth-order valence-corrected chi connectivity index (χ4v) is 3.29. The molecule has 0 radical (unpaired) electrons. The molecule has 3 rings (SSSR count). The molecule has 2 aliphatic heterocycles. The van der Waals surface area contributed by atoms with E-state index in [-0.39, 0.29) is 0 Å². The molecule has 0 unspecified atom stereocenters. The smallest absolute Gasteiger partial charge is 0.191 e. The minimum absolute atomic E-state index is 0.656. The number of thioether (sulfide) groups is 1. The van der Waals surface area contributed by atoms with Crippen molar-refractivity contribution in [3.63, 3.8) is 0 Å². The van der Waals surface area contributed by atoms with Gasteiger partial charge in [0.2, 0.25) is 0 Å². The Balaban J connectivity index is 1.64. The molecule has 0 aliphatic carbocycles. The van der Waals surface area contributed by atoms with Crippen molar-refractivity contribution in [3.8, 4) is 0 Å². The summed E-state index contributed by atoms with van der Waals surface area (Å²) in [5.74, 6) is 2.97. The van der Waals surface area contributed by atoms with Crippen LogP contribution in [0, 0.1) is 0 Å². The Hall–Kier alpha value is -1.20. The molecule has 2 aliphatic rings. The second-order valence-electron chi connectivity index (χ2n) is 4.87. The largest absolute Gasteiger partial charge is 0.372 e. The summed E-state index contributed by atoms with van der Waals surface area (Å²) >= 11 is 1.98. The fraction of sp³-hybridized carbons (Fsp3) is 0.500. The highest BCUT2D eigenvalue weighted by Gasteiger charge is 2.13. The van der Waals surface area contributed by atoms with E-state index >= 15 is 0 Å². The minimum Gasteiger partial charge on any atom is -0.372 e. The van der Waals surface area contributed by atoms with E-state index in [1.54, 1.807) is 0 Å². The van der Waals surface area contributed by atoms with Crippen molar-refractivity contribution in [1.29, 1.82) is 0 Å². The first kappa shape index (κ1) is 12.8. The molecule has 1 aromatic rings. The zero-order valence-corrected chi connectivity index (χ0v) is 11.8. The molecule has 0 spiro atoms. The van der Waals surface area contributed by atoms with Crippen LogP contribution in [0.4, 0.5) is 0 Å². The molecule has 0 bridgehead atoms. The fourth-order valence-electron chi connectivity index (χ4n) is 2.39. The van der Waals surface area contributed by atoms with Crippen molar-refractivity contribution < 1.29 is 4.74 Å². The minimum atomic E-state index is 0.656. The van der Waals surface area contributed by atoms with Crippen molar-refractivity contribution in [2.24, 2.45) is 10.7 Å². The molecule has 1 aromatic carbocycles. The Morgan fingerprint density at radius 3 is 2.89 bits per heavy atom. The quantitative estimate of drug-likeness (QED) is 0.659. The lowest BCUT2D eigenvalue weighted by Gasteiger charge is -2.27. The van der Waals surface area contributed by atoms with Gasteiger partial charge in [-0.25, -0.2) is 4.99 Å². The SMILES string of the molecule is NC(=NCc1ccc2c(c1)COC2)N1CCSCC1. The second kappa shape index (κ2) is 5.84. The maximum absolute atomic E-state index is 6.05. The van der Waals surface area contributed by atoms with Crippen molar-refractivity contribution in [2.45, 2.75) is 19.8 Å². The van der Waals surface area contributed by atoms with Gasteiger partial charge >= 0.3 is 0 Å². The summed E-state index contributed by atoms with van der Waals surface area (Å²) in [4.78, 5) is 6.69. The van der Waals surface area contributed by atoms with Crippen LogP contribution >= 0.6 is 11.8 Å². The zero-order chi connectivity index (χ0) is 13.1. The monoisotopic (exact) mass is 277 g/mol. The molecule has 4 nitrogen and oxygen atoms in total. The van der Waals surface area contributed by atoms with Gasteiger partial charge in [-0.1, -0.05) is 18.2 Å². The van der Waals surface area contributed by atoms with E-state index in [1.807, 2.05) is 11.8 Å². The number of rotatable bonds is 2. The summed E-state index contributed by atoms with van der Waals surface area (Å²) in [6.07, 6.45) is 0. The number of benzene rings is 1. The summed E-state index contributed by atoms with van der Waals surface area (Å²) in [5, 5.41) is 0. The molecule has 1 fully saturated rings. The first-order chi connectivity index (χ1) is 9.33. The van der Waals surface area contributed by atoms with Gasteiger partial charge < -0.3 is 15.4 Å². The van der Waals surface area contributed by atoms with Crippen molar-refractivity contribution >= 4 is 17.7 Å². The number of fused-ring (bicyclic) bond motifs is 1. The third-order valence-electron chi connectivity index (χ3n) is 3.54. The Morgan fingerprint density at radius 2 is 2.05 bits per heavy atom. The van der Waals surface area contributed by atoms with E-state index in [9.17, 15) is 0 Å². The Labute approximate surface area is 118 Å². The molecule has 0 atom stereocenters. The van der Waals surface area contributed by atoms with Gasteiger partial charge in [-0.3, -0.25) is 0 Å². The number of nitrogens with zero attached hydrogens (tertiary/aromatic N) is 2. The van der Waals surface area contributed by atoms with Crippen LogP contribution in [-0.4, -0.2) is 35.5 Å². The highest BCUT2D eigenvalue weighted by atomic mass is 32.2. The van der Waals surface area contributed by atoms with E-state index in [0.717, 1.165) is 37.8 Å². The average molecular weight is 277 g/mol. The van der Waals surface area contributed by atoms with E-state index in [1.165, 1.54) is 16.7 Å². The summed E-state index contributed by atoms with van der Waals surface area (Å²) < 4.78 is 5.42. The van der Waals surface area contributed by atoms with Crippen LogP contribution in [0.2, 0.25) is 0 Å². The van der Waals surface area contributed by atoms with Crippen LogP contribution in [0.15, 0.2) is 23.2 Å². The number of guanidine groups is 1. The van der Waals surface area contributed by atoms with Gasteiger partial charge in [0.25, 0.3) is 0 Å². The molecular weight excluding hydrogens is 258 g/mol. The van der Waals surface area contributed by atoms with Crippen LogP contribution in [0.5, 0.6) is 0 Å². The summed E-state index contributed by atoms with van der Waals surface area (Å²) in [6.45, 7) is 4.15. The first-order valence-corrected chi connectivity index (χ1v) is 7.79. The van der Waals surface area contributed by atoms with Crippen LogP contribution in [-0.2, 0) is 24.5 Å². The van der Waals surface area contributed by atoms with Gasteiger partial charge in [-0.05, 0) is 16.7 Å². The Kier molecular flexibility index (Phi) is 3.94. The molecule has 2 N–H and O–H groups in total. The van der Waals surface area contributed by atoms with E-state index in [4.69, 9.17) is 10.5 Å². The van der Waals surface area contributed by atoms with Gasteiger partial charge in [0, 0.05) is 24.6 Å². The predicted octanol–water partition coefficient (Wildman–Crippen LogP) is 1.58. The normalized spacial score (nSPS) is 19.6. The second-order valence-corrected chi connectivity index (χ2v) is 6.09. The first-order valence-electron chi connectivity index (χ1n) is 6.64. The van der Waals surface area contributed by atoms with Gasteiger partial charge in [0.05, 0.1) is 19.8 Å². The van der Waals surface area contributed by atoms with Crippen LogP contribution < -0.4 is 5.73 Å². The van der Waals surface area contributed by atoms with Gasteiger partial charge in [0.1, 0.15) is 0 Å².